The van der Waals surface area contributed by atoms with Crippen molar-refractivity contribution in [2.45, 2.75) is 38.1 Å². The summed E-state index contributed by atoms with van der Waals surface area (Å²) in [5.41, 5.74) is 6.44. The lowest BCUT2D eigenvalue weighted by Crippen LogP contribution is -2.48. The fourth-order valence-corrected chi connectivity index (χ4v) is 3.05. The Labute approximate surface area is 113 Å². The van der Waals surface area contributed by atoms with E-state index in [4.69, 9.17) is 17.3 Å². The number of halogens is 2. The van der Waals surface area contributed by atoms with Crippen molar-refractivity contribution in [2.75, 3.05) is 11.9 Å². The van der Waals surface area contributed by atoms with Gasteiger partial charge in [0.25, 0.3) is 0 Å². The smallest absolute Gasteiger partial charge is 0.125 e. The van der Waals surface area contributed by atoms with Crippen LogP contribution in [0, 0.1) is 11.7 Å². The molecule has 2 unspecified atom stereocenters. The van der Waals surface area contributed by atoms with Gasteiger partial charge in [0.2, 0.25) is 0 Å². The fraction of sp³-hybridized carbons (Fsp3) is 0.571. The molecule has 0 aromatic heterocycles. The second-order valence-corrected chi connectivity index (χ2v) is 5.84. The molecule has 100 valence electrons. The van der Waals surface area contributed by atoms with Crippen LogP contribution in [0.5, 0.6) is 0 Å². The summed E-state index contributed by atoms with van der Waals surface area (Å²) in [7, 11) is 0. The number of hydrogen-bond donors (Lipinski definition) is 2. The van der Waals surface area contributed by atoms with Crippen LogP contribution in [-0.4, -0.2) is 12.1 Å². The van der Waals surface area contributed by atoms with Crippen molar-refractivity contribution in [3.05, 3.63) is 29.0 Å². The molecular formula is C14H20ClFN2. The minimum Gasteiger partial charge on any atom is -0.377 e. The van der Waals surface area contributed by atoms with Gasteiger partial charge in [-0.3, -0.25) is 0 Å². The highest BCUT2D eigenvalue weighted by Gasteiger charge is 2.34. The molecule has 2 rings (SSSR count). The molecule has 1 aromatic carbocycles. The van der Waals surface area contributed by atoms with E-state index < -0.39 is 0 Å². The Kier molecular flexibility index (Phi) is 4.13. The molecule has 2 atom stereocenters. The van der Waals surface area contributed by atoms with Crippen molar-refractivity contribution < 1.29 is 4.39 Å². The lowest BCUT2D eigenvalue weighted by atomic mass is 9.76. The van der Waals surface area contributed by atoms with E-state index in [0.717, 1.165) is 19.3 Å². The maximum absolute atomic E-state index is 13.3. The van der Waals surface area contributed by atoms with Gasteiger partial charge in [-0.05, 0) is 37.0 Å². The molecular weight excluding hydrogens is 251 g/mol. The highest BCUT2D eigenvalue weighted by Crippen LogP contribution is 2.36. The number of nitrogens with one attached hydrogen (secondary N) is 1. The van der Waals surface area contributed by atoms with Gasteiger partial charge in [0.1, 0.15) is 5.82 Å². The van der Waals surface area contributed by atoms with Gasteiger partial charge < -0.3 is 11.1 Å². The number of nitrogens with two attached hydrogens (primary N) is 1. The Hall–Kier alpha value is -0.800. The van der Waals surface area contributed by atoms with Gasteiger partial charge in [-0.25, -0.2) is 4.39 Å². The molecule has 1 fully saturated rings. The molecule has 2 nitrogen and oxygen atoms in total. The molecule has 18 heavy (non-hydrogen) atoms. The van der Waals surface area contributed by atoms with Crippen LogP contribution in [0.1, 0.15) is 32.6 Å². The Morgan fingerprint density at radius 1 is 1.56 bits per heavy atom. The average molecular weight is 271 g/mol. The average Bonchev–Trinajstić information content (AvgIpc) is 2.34. The van der Waals surface area contributed by atoms with Crippen LogP contribution < -0.4 is 11.1 Å². The molecule has 0 bridgehead atoms. The Bertz CT molecular complexity index is 424. The first kappa shape index (κ1) is 13.6. The van der Waals surface area contributed by atoms with Crippen LogP contribution in [-0.2, 0) is 0 Å². The molecule has 0 spiro atoms. The van der Waals surface area contributed by atoms with Crippen LogP contribution in [0.3, 0.4) is 0 Å². The molecule has 0 heterocycles. The lowest BCUT2D eigenvalue weighted by Gasteiger charge is -2.41. The van der Waals surface area contributed by atoms with Gasteiger partial charge in [-0.2, -0.15) is 0 Å². The van der Waals surface area contributed by atoms with Crippen LogP contribution in [0.15, 0.2) is 18.2 Å². The predicted octanol–water partition coefficient (Wildman–Crippen LogP) is 3.80. The zero-order valence-electron chi connectivity index (χ0n) is 10.7. The molecule has 4 heteroatoms. The summed E-state index contributed by atoms with van der Waals surface area (Å²) >= 11 is 6.10. The number of hydrogen-bond acceptors (Lipinski definition) is 2. The van der Waals surface area contributed by atoms with Crippen LogP contribution >= 0.6 is 11.6 Å². The van der Waals surface area contributed by atoms with Crippen molar-refractivity contribution in [2.24, 2.45) is 11.7 Å². The summed E-state index contributed by atoms with van der Waals surface area (Å²) in [5, 5.41) is 3.93. The third-order valence-corrected chi connectivity index (χ3v) is 4.14. The van der Waals surface area contributed by atoms with Gasteiger partial charge >= 0.3 is 0 Å². The Morgan fingerprint density at radius 2 is 2.33 bits per heavy atom. The lowest BCUT2D eigenvalue weighted by molar-refractivity contribution is 0.264. The predicted molar refractivity (Wildman–Crippen MR) is 74.5 cm³/mol. The molecule has 1 aliphatic rings. The van der Waals surface area contributed by atoms with Crippen LogP contribution in [0.25, 0.3) is 0 Å². The van der Waals surface area contributed by atoms with Crippen molar-refractivity contribution in [3.63, 3.8) is 0 Å². The quantitative estimate of drug-likeness (QED) is 0.877. The topological polar surface area (TPSA) is 38.0 Å². The van der Waals surface area contributed by atoms with E-state index in [1.165, 1.54) is 18.6 Å². The number of rotatable bonds is 3. The van der Waals surface area contributed by atoms with Crippen molar-refractivity contribution >= 4 is 17.3 Å². The minimum absolute atomic E-state index is 0.144. The first-order valence-corrected chi connectivity index (χ1v) is 6.86. The molecule has 1 aromatic rings. The zero-order valence-corrected chi connectivity index (χ0v) is 11.4. The van der Waals surface area contributed by atoms with E-state index in [0.29, 0.717) is 23.2 Å². The summed E-state index contributed by atoms with van der Waals surface area (Å²) in [4.78, 5) is 0. The van der Waals surface area contributed by atoms with Crippen LogP contribution in [0.2, 0.25) is 5.02 Å². The summed E-state index contributed by atoms with van der Waals surface area (Å²) in [6.45, 7) is 2.78. The standard InChI is InChI=1S/C14H20ClFN2/c1-10-3-2-6-14(8-10,9-17)18-13-7-11(16)4-5-12(13)15/h4-5,7,10,18H,2-3,6,8-9,17H2,1H3. The van der Waals surface area contributed by atoms with E-state index in [1.54, 1.807) is 6.07 Å². The molecule has 0 amide bonds. The van der Waals surface area contributed by atoms with Gasteiger partial charge in [-0.1, -0.05) is 31.4 Å². The van der Waals surface area contributed by atoms with E-state index in [2.05, 4.69) is 12.2 Å². The molecule has 1 saturated carbocycles. The summed E-state index contributed by atoms with van der Waals surface area (Å²) in [5.74, 6) is 0.361. The second-order valence-electron chi connectivity index (χ2n) is 5.44. The first-order chi connectivity index (χ1) is 8.54. The van der Waals surface area contributed by atoms with Crippen LogP contribution in [0.4, 0.5) is 10.1 Å². The summed E-state index contributed by atoms with van der Waals surface area (Å²) in [6, 6.07) is 4.39. The third-order valence-electron chi connectivity index (χ3n) is 3.81. The maximum Gasteiger partial charge on any atom is 0.125 e. The van der Waals surface area contributed by atoms with E-state index in [-0.39, 0.29) is 11.4 Å². The first-order valence-electron chi connectivity index (χ1n) is 6.48. The zero-order chi connectivity index (χ0) is 13.2. The van der Waals surface area contributed by atoms with E-state index in [9.17, 15) is 4.39 Å². The maximum atomic E-state index is 13.3. The highest BCUT2D eigenvalue weighted by atomic mass is 35.5. The normalized spacial score (nSPS) is 28.1. The third kappa shape index (κ3) is 2.96. The van der Waals surface area contributed by atoms with Crippen molar-refractivity contribution in [3.8, 4) is 0 Å². The van der Waals surface area contributed by atoms with E-state index in [1.807, 2.05) is 0 Å². The second kappa shape index (κ2) is 5.45. The van der Waals surface area contributed by atoms with Gasteiger partial charge in [0.05, 0.1) is 10.7 Å². The Morgan fingerprint density at radius 3 is 3.00 bits per heavy atom. The van der Waals surface area contributed by atoms with Gasteiger partial charge in [0.15, 0.2) is 0 Å². The van der Waals surface area contributed by atoms with E-state index >= 15 is 0 Å². The van der Waals surface area contributed by atoms with Gasteiger partial charge in [0, 0.05) is 12.1 Å². The molecule has 0 aliphatic heterocycles. The molecule has 3 N–H and O–H groups in total. The van der Waals surface area contributed by atoms with Crippen molar-refractivity contribution in [1.29, 1.82) is 0 Å². The van der Waals surface area contributed by atoms with Crippen molar-refractivity contribution in [1.82, 2.24) is 0 Å². The number of anilines is 1. The highest BCUT2D eigenvalue weighted by molar-refractivity contribution is 6.33. The molecule has 0 saturated heterocycles. The number of benzene rings is 1. The minimum atomic E-state index is -0.280. The Balaban J connectivity index is 2.21. The summed E-state index contributed by atoms with van der Waals surface area (Å²) in [6.07, 6.45) is 4.41. The molecule has 0 radical (unpaired) electrons. The largest absolute Gasteiger partial charge is 0.377 e. The SMILES string of the molecule is CC1CCCC(CN)(Nc2cc(F)ccc2Cl)C1. The molecule has 1 aliphatic carbocycles. The fourth-order valence-electron chi connectivity index (χ4n) is 2.89. The van der Waals surface area contributed by atoms with Gasteiger partial charge in [-0.15, -0.1) is 0 Å². The monoisotopic (exact) mass is 270 g/mol. The summed E-state index contributed by atoms with van der Waals surface area (Å²) < 4.78 is 13.3.